The van der Waals surface area contributed by atoms with E-state index in [0.717, 1.165) is 10.3 Å². The van der Waals surface area contributed by atoms with Crippen LogP contribution in [0.3, 0.4) is 0 Å². The Balaban J connectivity index is 2.09. The van der Waals surface area contributed by atoms with Gasteiger partial charge in [-0.15, -0.1) is 11.3 Å². The number of thiophene rings is 1. The lowest BCUT2D eigenvalue weighted by Crippen LogP contribution is -1.93. The van der Waals surface area contributed by atoms with E-state index in [-0.39, 0.29) is 10.6 Å². The maximum absolute atomic E-state index is 5.89. The molecule has 0 saturated carbocycles. The predicted octanol–water partition coefficient (Wildman–Crippen LogP) is 5.21. The lowest BCUT2D eigenvalue weighted by atomic mass is 10.1. The summed E-state index contributed by atoms with van der Waals surface area (Å²) in [5.41, 5.74) is 0.917. The third kappa shape index (κ3) is 2.16. The number of aromatic nitrogens is 3. The van der Waals surface area contributed by atoms with Crippen LogP contribution in [-0.4, -0.2) is 15.0 Å². The molecule has 4 aromatic rings. The number of nitrogens with zero attached hydrogens (tertiary/aromatic N) is 3. The highest BCUT2D eigenvalue weighted by atomic mass is 35.5. The van der Waals surface area contributed by atoms with Crippen LogP contribution in [0.25, 0.3) is 31.6 Å². The molecule has 102 valence electrons. The lowest BCUT2D eigenvalue weighted by Gasteiger charge is -2.02. The van der Waals surface area contributed by atoms with Gasteiger partial charge >= 0.3 is 0 Å². The Bertz CT molecular complexity index is 961. The first-order valence-electron chi connectivity index (χ1n) is 6.20. The third-order valence-corrected chi connectivity index (χ3v) is 4.78. The zero-order valence-corrected chi connectivity index (χ0v) is 12.9. The normalized spacial score (nSPS) is 11.3. The first-order valence-corrected chi connectivity index (χ1v) is 7.77. The lowest BCUT2D eigenvalue weighted by molar-refractivity contribution is 1.06. The van der Waals surface area contributed by atoms with Crippen molar-refractivity contribution in [3.63, 3.8) is 0 Å². The summed E-state index contributed by atoms with van der Waals surface area (Å²) in [6.45, 7) is 0. The molecule has 0 atom stereocenters. The number of hydrogen-bond acceptors (Lipinski definition) is 4. The average Bonchev–Trinajstić information content (AvgIpc) is 2.84. The second-order valence-electron chi connectivity index (χ2n) is 4.48. The smallest absolute Gasteiger partial charge is 0.198 e. The molecule has 4 rings (SSSR count). The van der Waals surface area contributed by atoms with E-state index in [1.165, 1.54) is 15.5 Å². The fourth-order valence-corrected chi connectivity index (χ4v) is 3.94. The van der Waals surface area contributed by atoms with Crippen molar-refractivity contribution in [1.82, 2.24) is 15.0 Å². The highest BCUT2D eigenvalue weighted by Gasteiger charge is 2.13. The zero-order chi connectivity index (χ0) is 14.4. The van der Waals surface area contributed by atoms with Crippen LogP contribution < -0.4 is 0 Å². The van der Waals surface area contributed by atoms with Gasteiger partial charge in [-0.3, -0.25) is 0 Å². The fourth-order valence-electron chi connectivity index (χ4n) is 2.37. The molecule has 0 radical (unpaired) electrons. The summed E-state index contributed by atoms with van der Waals surface area (Å²) in [5.74, 6) is 0.497. The van der Waals surface area contributed by atoms with E-state index >= 15 is 0 Å². The average molecular weight is 332 g/mol. The van der Waals surface area contributed by atoms with Crippen LogP contribution in [0.5, 0.6) is 0 Å². The monoisotopic (exact) mass is 331 g/mol. The number of rotatable bonds is 1. The van der Waals surface area contributed by atoms with Crippen LogP contribution in [0.2, 0.25) is 10.6 Å². The predicted molar refractivity (Wildman–Crippen MR) is 88.2 cm³/mol. The van der Waals surface area contributed by atoms with E-state index in [0.29, 0.717) is 5.82 Å². The van der Waals surface area contributed by atoms with E-state index in [1.54, 1.807) is 11.3 Å². The van der Waals surface area contributed by atoms with E-state index in [9.17, 15) is 0 Å². The van der Waals surface area contributed by atoms with Crippen molar-refractivity contribution in [1.29, 1.82) is 0 Å². The fraction of sp³-hybridized carbons (Fsp3) is 0. The molecule has 2 aromatic carbocycles. The minimum Gasteiger partial charge on any atom is -0.198 e. The van der Waals surface area contributed by atoms with Crippen LogP contribution in [0.4, 0.5) is 0 Å². The maximum Gasteiger partial charge on any atom is 0.227 e. The van der Waals surface area contributed by atoms with Crippen molar-refractivity contribution >= 4 is 54.7 Å². The Morgan fingerprint density at radius 3 is 2.29 bits per heavy atom. The molecule has 0 saturated heterocycles. The molecule has 2 heterocycles. The summed E-state index contributed by atoms with van der Waals surface area (Å²) < 4.78 is 2.35. The zero-order valence-electron chi connectivity index (χ0n) is 10.5. The van der Waals surface area contributed by atoms with Crippen molar-refractivity contribution < 1.29 is 0 Å². The molecule has 6 heteroatoms. The molecule has 0 unspecified atom stereocenters. The standard InChI is InChI=1S/C15H7Cl2N3S/c16-14-18-13(19-15(17)20-14)10-6-3-5-9-8-4-1-2-7-11(8)21-12(9)10/h1-7H. The molecule has 0 spiro atoms. The minimum atomic E-state index is 0.100. The molecule has 0 bridgehead atoms. The van der Waals surface area contributed by atoms with E-state index in [2.05, 4.69) is 33.2 Å². The molecule has 0 aliphatic heterocycles. The Labute approximate surface area is 134 Å². The van der Waals surface area contributed by atoms with Crippen molar-refractivity contribution in [3.05, 3.63) is 53.0 Å². The van der Waals surface area contributed by atoms with Gasteiger partial charge in [-0.1, -0.05) is 30.3 Å². The Hall–Kier alpha value is -1.75. The van der Waals surface area contributed by atoms with E-state index in [1.807, 2.05) is 24.3 Å². The molecule has 0 fully saturated rings. The van der Waals surface area contributed by atoms with Gasteiger partial charge in [0.1, 0.15) is 0 Å². The van der Waals surface area contributed by atoms with Crippen LogP contribution in [0.1, 0.15) is 0 Å². The highest BCUT2D eigenvalue weighted by molar-refractivity contribution is 7.26. The number of fused-ring (bicyclic) bond motifs is 3. The Morgan fingerprint density at radius 2 is 1.48 bits per heavy atom. The summed E-state index contributed by atoms with van der Waals surface area (Å²) >= 11 is 13.5. The first-order chi connectivity index (χ1) is 10.2. The number of hydrogen-bond donors (Lipinski definition) is 0. The Kier molecular flexibility index (Phi) is 3.03. The largest absolute Gasteiger partial charge is 0.227 e. The summed E-state index contributed by atoms with van der Waals surface area (Å²) in [6.07, 6.45) is 0. The number of benzene rings is 2. The maximum atomic E-state index is 5.89. The van der Waals surface area contributed by atoms with E-state index < -0.39 is 0 Å². The van der Waals surface area contributed by atoms with Gasteiger partial charge in [-0.25, -0.2) is 0 Å². The molecular weight excluding hydrogens is 325 g/mol. The first kappa shape index (κ1) is 13.0. The van der Waals surface area contributed by atoms with Gasteiger partial charge in [0, 0.05) is 25.7 Å². The topological polar surface area (TPSA) is 38.7 Å². The van der Waals surface area contributed by atoms with Crippen LogP contribution in [-0.2, 0) is 0 Å². The molecule has 2 aromatic heterocycles. The quantitative estimate of drug-likeness (QED) is 0.480. The van der Waals surface area contributed by atoms with Gasteiger partial charge in [0.25, 0.3) is 0 Å². The van der Waals surface area contributed by atoms with Gasteiger partial charge in [-0.2, -0.15) is 15.0 Å². The summed E-state index contributed by atoms with van der Waals surface area (Å²) in [6, 6.07) is 14.4. The van der Waals surface area contributed by atoms with Crippen LogP contribution in [0, 0.1) is 0 Å². The van der Waals surface area contributed by atoms with Gasteiger partial charge in [0.05, 0.1) is 0 Å². The van der Waals surface area contributed by atoms with Gasteiger partial charge < -0.3 is 0 Å². The van der Waals surface area contributed by atoms with Gasteiger partial charge in [0.15, 0.2) is 5.82 Å². The number of halogens is 2. The van der Waals surface area contributed by atoms with Crippen molar-refractivity contribution in [2.24, 2.45) is 0 Å². The van der Waals surface area contributed by atoms with E-state index in [4.69, 9.17) is 23.2 Å². The molecule has 0 N–H and O–H groups in total. The van der Waals surface area contributed by atoms with Crippen molar-refractivity contribution in [2.45, 2.75) is 0 Å². The second kappa shape index (κ2) is 4.91. The molecule has 0 aliphatic rings. The SMILES string of the molecule is Clc1nc(Cl)nc(-c2cccc3c2sc2ccccc23)n1. The van der Waals surface area contributed by atoms with Gasteiger partial charge in [-0.05, 0) is 35.3 Å². The Morgan fingerprint density at radius 1 is 0.762 bits per heavy atom. The van der Waals surface area contributed by atoms with Crippen LogP contribution >= 0.6 is 34.5 Å². The molecule has 0 aliphatic carbocycles. The van der Waals surface area contributed by atoms with Crippen molar-refractivity contribution in [3.8, 4) is 11.4 Å². The third-order valence-electron chi connectivity index (χ3n) is 3.23. The summed E-state index contributed by atoms with van der Waals surface area (Å²) in [4.78, 5) is 12.2. The summed E-state index contributed by atoms with van der Waals surface area (Å²) in [7, 11) is 0. The molecule has 0 amide bonds. The van der Waals surface area contributed by atoms with Crippen molar-refractivity contribution in [2.75, 3.05) is 0 Å². The molecule has 3 nitrogen and oxygen atoms in total. The second-order valence-corrected chi connectivity index (χ2v) is 6.21. The highest BCUT2D eigenvalue weighted by Crippen LogP contribution is 2.38. The summed E-state index contributed by atoms with van der Waals surface area (Å²) in [5, 5.41) is 2.61. The van der Waals surface area contributed by atoms with Crippen LogP contribution in [0.15, 0.2) is 42.5 Å². The van der Waals surface area contributed by atoms with Gasteiger partial charge in [0.2, 0.25) is 10.6 Å². The minimum absolute atomic E-state index is 0.100. The molecule has 21 heavy (non-hydrogen) atoms. The molecular formula is C15H7Cl2N3S.